The maximum atomic E-state index is 4.29. The van der Waals surface area contributed by atoms with Crippen LogP contribution >= 0.6 is 0 Å². The lowest BCUT2D eigenvalue weighted by Gasteiger charge is -2.21. The summed E-state index contributed by atoms with van der Waals surface area (Å²) in [6.07, 6.45) is 4.07. The topological polar surface area (TPSA) is 67.1 Å². The highest BCUT2D eigenvalue weighted by molar-refractivity contribution is 5.80. The maximum Gasteiger partial charge on any atom is 0.191 e. The average Bonchev–Trinajstić information content (AvgIpc) is 2.97. The van der Waals surface area contributed by atoms with Crippen LogP contribution in [0.15, 0.2) is 11.3 Å². The van der Waals surface area contributed by atoms with Gasteiger partial charge in [-0.2, -0.15) is 5.10 Å². The molecule has 1 aromatic heterocycles. The second kappa shape index (κ2) is 4.96. The fourth-order valence-electron chi connectivity index (χ4n) is 1.72. The molecule has 0 spiro atoms. The van der Waals surface area contributed by atoms with Gasteiger partial charge in [-0.05, 0) is 33.6 Å². The summed E-state index contributed by atoms with van der Waals surface area (Å²) in [5.74, 6) is 1.75. The van der Waals surface area contributed by atoms with E-state index >= 15 is 0 Å². The summed E-state index contributed by atoms with van der Waals surface area (Å²) < 4.78 is 1.93. The van der Waals surface area contributed by atoms with Crippen molar-refractivity contribution in [2.75, 3.05) is 7.05 Å². The monoisotopic (exact) mass is 250 g/mol. The predicted octanol–water partition coefficient (Wildman–Crippen LogP) is 0.860. The first-order valence-corrected chi connectivity index (χ1v) is 6.37. The van der Waals surface area contributed by atoms with E-state index in [9.17, 15) is 0 Å². The van der Waals surface area contributed by atoms with Crippen molar-refractivity contribution in [1.29, 1.82) is 0 Å². The van der Waals surface area contributed by atoms with Crippen LogP contribution in [0.5, 0.6) is 0 Å². The van der Waals surface area contributed by atoms with Crippen molar-refractivity contribution in [2.45, 2.75) is 51.7 Å². The summed E-state index contributed by atoms with van der Waals surface area (Å²) >= 11 is 0. The van der Waals surface area contributed by atoms with Crippen molar-refractivity contribution >= 4 is 5.96 Å². The highest BCUT2D eigenvalue weighted by atomic mass is 15.4. The molecule has 1 aliphatic rings. The van der Waals surface area contributed by atoms with E-state index in [1.54, 1.807) is 13.4 Å². The number of aliphatic imine (C=N–C) groups is 1. The van der Waals surface area contributed by atoms with Crippen molar-refractivity contribution in [3.8, 4) is 0 Å². The molecule has 0 amide bonds. The second-order valence-corrected chi connectivity index (χ2v) is 5.60. The molecule has 0 radical (unpaired) electrons. The van der Waals surface area contributed by atoms with Gasteiger partial charge in [0.05, 0.1) is 12.1 Å². The zero-order valence-electron chi connectivity index (χ0n) is 11.6. The standard InChI is InChI=1S/C12H22N6/c1-12(2,3)18-10(15-8-16-18)7-14-11(13-4)17-9-5-6-9/h8-9H,5-7H2,1-4H3,(H2,13,14,17). The van der Waals surface area contributed by atoms with Crippen molar-refractivity contribution in [3.63, 3.8) is 0 Å². The van der Waals surface area contributed by atoms with Crippen LogP contribution in [0.1, 0.15) is 39.4 Å². The molecular weight excluding hydrogens is 228 g/mol. The number of guanidine groups is 1. The van der Waals surface area contributed by atoms with Crippen LogP contribution in [0, 0.1) is 0 Å². The van der Waals surface area contributed by atoms with Crippen molar-refractivity contribution in [3.05, 3.63) is 12.2 Å². The quantitative estimate of drug-likeness (QED) is 0.617. The van der Waals surface area contributed by atoms with E-state index in [0.717, 1.165) is 11.8 Å². The number of hydrogen-bond donors (Lipinski definition) is 2. The Bertz CT molecular complexity index is 424. The molecule has 0 aliphatic heterocycles. The van der Waals surface area contributed by atoms with Gasteiger partial charge in [0.15, 0.2) is 5.96 Å². The van der Waals surface area contributed by atoms with Gasteiger partial charge < -0.3 is 10.6 Å². The third kappa shape index (κ3) is 3.21. The molecule has 6 nitrogen and oxygen atoms in total. The van der Waals surface area contributed by atoms with Crippen LogP contribution < -0.4 is 10.6 Å². The van der Waals surface area contributed by atoms with Gasteiger partial charge in [-0.1, -0.05) is 0 Å². The molecule has 0 unspecified atom stereocenters. The number of aromatic nitrogens is 3. The van der Waals surface area contributed by atoms with E-state index in [1.165, 1.54) is 12.8 Å². The minimum Gasteiger partial charge on any atom is -0.354 e. The number of nitrogens with one attached hydrogen (secondary N) is 2. The SMILES string of the molecule is CN=C(NCc1ncnn1C(C)(C)C)NC1CC1. The fourth-order valence-corrected chi connectivity index (χ4v) is 1.72. The molecule has 6 heteroatoms. The van der Waals surface area contributed by atoms with Crippen LogP contribution in [0.2, 0.25) is 0 Å². The smallest absolute Gasteiger partial charge is 0.191 e. The Hall–Kier alpha value is -1.59. The van der Waals surface area contributed by atoms with Crippen LogP contribution in [-0.4, -0.2) is 33.8 Å². The molecule has 1 heterocycles. The van der Waals surface area contributed by atoms with Crippen molar-refractivity contribution in [1.82, 2.24) is 25.4 Å². The Kier molecular flexibility index (Phi) is 3.54. The van der Waals surface area contributed by atoms with Crippen molar-refractivity contribution < 1.29 is 0 Å². The summed E-state index contributed by atoms with van der Waals surface area (Å²) in [6, 6.07) is 0.594. The van der Waals surface area contributed by atoms with Gasteiger partial charge >= 0.3 is 0 Å². The lowest BCUT2D eigenvalue weighted by molar-refractivity contribution is 0.340. The largest absolute Gasteiger partial charge is 0.354 e. The molecule has 2 rings (SSSR count). The summed E-state index contributed by atoms with van der Waals surface area (Å²) in [6.45, 7) is 6.97. The molecule has 18 heavy (non-hydrogen) atoms. The zero-order valence-corrected chi connectivity index (χ0v) is 11.6. The number of rotatable bonds is 3. The predicted molar refractivity (Wildman–Crippen MR) is 71.4 cm³/mol. The fraction of sp³-hybridized carbons (Fsp3) is 0.750. The van der Waals surface area contributed by atoms with E-state index in [4.69, 9.17) is 0 Å². The molecule has 100 valence electrons. The highest BCUT2D eigenvalue weighted by Crippen LogP contribution is 2.18. The normalized spacial score (nSPS) is 16.8. The molecule has 0 aromatic carbocycles. The van der Waals surface area contributed by atoms with Crippen LogP contribution in [0.25, 0.3) is 0 Å². The summed E-state index contributed by atoms with van der Waals surface area (Å²) in [4.78, 5) is 8.49. The molecule has 1 fully saturated rings. The third-order valence-corrected chi connectivity index (χ3v) is 2.81. The van der Waals surface area contributed by atoms with E-state index in [1.807, 2.05) is 4.68 Å². The van der Waals surface area contributed by atoms with Crippen LogP contribution in [0.4, 0.5) is 0 Å². The Labute approximate surface area is 108 Å². The van der Waals surface area contributed by atoms with E-state index in [-0.39, 0.29) is 5.54 Å². The van der Waals surface area contributed by atoms with Crippen LogP contribution in [-0.2, 0) is 12.1 Å². The molecule has 0 saturated heterocycles. The first-order chi connectivity index (χ1) is 8.50. The van der Waals surface area contributed by atoms with Gasteiger partial charge in [0, 0.05) is 13.1 Å². The summed E-state index contributed by atoms with van der Waals surface area (Å²) in [7, 11) is 1.78. The molecule has 0 bridgehead atoms. The first kappa shape index (κ1) is 12.9. The average molecular weight is 250 g/mol. The lowest BCUT2D eigenvalue weighted by atomic mass is 10.1. The molecule has 1 saturated carbocycles. The molecule has 0 atom stereocenters. The minimum atomic E-state index is -0.0546. The Morgan fingerprint density at radius 2 is 2.22 bits per heavy atom. The Morgan fingerprint density at radius 1 is 1.50 bits per heavy atom. The summed E-state index contributed by atoms with van der Waals surface area (Å²) in [5, 5.41) is 10.9. The van der Waals surface area contributed by atoms with Crippen LogP contribution in [0.3, 0.4) is 0 Å². The van der Waals surface area contributed by atoms with Crippen molar-refractivity contribution in [2.24, 2.45) is 4.99 Å². The van der Waals surface area contributed by atoms with E-state index in [0.29, 0.717) is 12.6 Å². The highest BCUT2D eigenvalue weighted by Gasteiger charge is 2.23. The van der Waals surface area contributed by atoms with Gasteiger partial charge in [0.2, 0.25) is 0 Å². The Morgan fingerprint density at radius 3 is 2.78 bits per heavy atom. The maximum absolute atomic E-state index is 4.29. The van der Waals surface area contributed by atoms with Gasteiger partial charge in [-0.15, -0.1) is 0 Å². The zero-order chi connectivity index (χ0) is 13.2. The van der Waals surface area contributed by atoms with Gasteiger partial charge in [0.1, 0.15) is 12.2 Å². The Balaban J connectivity index is 1.95. The van der Waals surface area contributed by atoms with E-state index in [2.05, 4.69) is 46.5 Å². The lowest BCUT2D eigenvalue weighted by Crippen LogP contribution is -2.39. The van der Waals surface area contributed by atoms with Gasteiger partial charge in [-0.25, -0.2) is 9.67 Å². The minimum absolute atomic E-state index is 0.0546. The number of nitrogens with zero attached hydrogens (tertiary/aromatic N) is 4. The summed E-state index contributed by atoms with van der Waals surface area (Å²) in [5.41, 5.74) is -0.0546. The number of hydrogen-bond acceptors (Lipinski definition) is 3. The van der Waals surface area contributed by atoms with Gasteiger partial charge in [0.25, 0.3) is 0 Å². The third-order valence-electron chi connectivity index (χ3n) is 2.81. The van der Waals surface area contributed by atoms with Gasteiger partial charge in [-0.3, -0.25) is 4.99 Å². The molecular formula is C12H22N6. The molecule has 1 aliphatic carbocycles. The molecule has 2 N–H and O–H groups in total. The van der Waals surface area contributed by atoms with E-state index < -0.39 is 0 Å². The first-order valence-electron chi connectivity index (χ1n) is 6.37. The second-order valence-electron chi connectivity index (χ2n) is 5.60. The molecule has 1 aromatic rings.